The molecule has 0 unspecified atom stereocenters. The molecular weight excluding hydrogens is 376 g/mol. The summed E-state index contributed by atoms with van der Waals surface area (Å²) in [6.45, 7) is 2.84. The van der Waals surface area contributed by atoms with Crippen molar-refractivity contribution >= 4 is 12.2 Å². The molecule has 0 spiro atoms. The Morgan fingerprint density at radius 2 is 1.93 bits per heavy atom. The Morgan fingerprint density at radius 1 is 1.07 bits per heavy atom. The molecule has 0 radical (unpaired) electrons. The molecule has 5 rings (SSSR count). The molecule has 150 valence electrons. The van der Waals surface area contributed by atoms with E-state index < -0.39 is 0 Å². The molecule has 4 heterocycles. The van der Waals surface area contributed by atoms with Gasteiger partial charge in [0.15, 0.2) is 5.82 Å². The van der Waals surface area contributed by atoms with Crippen LogP contribution in [0.4, 0.5) is 0 Å². The van der Waals surface area contributed by atoms with E-state index in [1.807, 2.05) is 52.7 Å². The summed E-state index contributed by atoms with van der Waals surface area (Å²) in [7, 11) is 1.62. The summed E-state index contributed by atoms with van der Waals surface area (Å²) in [4.78, 5) is 13.6. The third kappa shape index (κ3) is 3.39. The highest BCUT2D eigenvalue weighted by molar-refractivity contribution is 5.65. The highest BCUT2D eigenvalue weighted by Gasteiger charge is 2.27. The topological polar surface area (TPSA) is 70.7 Å². The van der Waals surface area contributed by atoms with Crippen molar-refractivity contribution in [3.05, 3.63) is 83.6 Å². The van der Waals surface area contributed by atoms with Crippen LogP contribution < -0.4 is 4.74 Å². The number of ether oxygens (including phenoxy) is 1. The number of nitrogens with zero attached hydrogens (tertiary/aromatic N) is 6. The average molecular weight is 398 g/mol. The molecule has 30 heavy (non-hydrogen) atoms. The van der Waals surface area contributed by atoms with Crippen LogP contribution in [-0.2, 0) is 6.54 Å². The number of aryl methyl sites for hydroxylation is 2. The van der Waals surface area contributed by atoms with E-state index in [4.69, 9.17) is 9.72 Å². The molecule has 0 saturated carbocycles. The maximum Gasteiger partial charge on any atom is 0.238 e. The van der Waals surface area contributed by atoms with Crippen molar-refractivity contribution in [2.24, 2.45) is 0 Å². The molecule has 0 bridgehead atoms. The van der Waals surface area contributed by atoms with Crippen LogP contribution in [0.25, 0.3) is 17.8 Å². The van der Waals surface area contributed by atoms with E-state index in [2.05, 4.69) is 39.3 Å². The van der Waals surface area contributed by atoms with Crippen LogP contribution in [0.3, 0.4) is 0 Å². The van der Waals surface area contributed by atoms with Gasteiger partial charge < -0.3 is 9.30 Å². The van der Waals surface area contributed by atoms with Crippen LogP contribution >= 0.6 is 0 Å². The van der Waals surface area contributed by atoms with Crippen molar-refractivity contribution in [2.75, 3.05) is 7.11 Å². The minimum absolute atomic E-state index is 0.303. The first-order valence-corrected chi connectivity index (χ1v) is 9.95. The minimum atomic E-state index is 0.303. The van der Waals surface area contributed by atoms with Crippen molar-refractivity contribution in [1.29, 1.82) is 0 Å². The quantitative estimate of drug-likeness (QED) is 0.510. The minimum Gasteiger partial charge on any atom is -0.479 e. The largest absolute Gasteiger partial charge is 0.479 e. The van der Waals surface area contributed by atoms with Gasteiger partial charge in [0.2, 0.25) is 5.88 Å². The Bertz CT molecular complexity index is 1210. The monoisotopic (exact) mass is 398 g/mol. The van der Waals surface area contributed by atoms with E-state index in [1.165, 1.54) is 5.56 Å². The fraction of sp³-hybridized carbons (Fsp3) is 0.217. The van der Waals surface area contributed by atoms with E-state index in [9.17, 15) is 0 Å². The van der Waals surface area contributed by atoms with E-state index in [1.54, 1.807) is 13.4 Å². The molecule has 3 aromatic heterocycles. The lowest BCUT2D eigenvalue weighted by atomic mass is 9.97. The molecule has 7 heteroatoms. The highest BCUT2D eigenvalue weighted by Crippen LogP contribution is 2.32. The predicted molar refractivity (Wildman–Crippen MR) is 115 cm³/mol. The molecule has 7 nitrogen and oxygen atoms in total. The van der Waals surface area contributed by atoms with Crippen molar-refractivity contribution in [1.82, 2.24) is 29.3 Å². The number of fused-ring (bicyclic) bond motifs is 1. The second kappa shape index (κ2) is 7.59. The molecular formula is C23H22N6O. The fourth-order valence-electron chi connectivity index (χ4n) is 3.85. The zero-order chi connectivity index (χ0) is 20.5. The van der Waals surface area contributed by atoms with Gasteiger partial charge in [-0.05, 0) is 43.2 Å². The Hall–Kier alpha value is -3.74. The predicted octanol–water partition coefficient (Wildman–Crippen LogP) is 3.88. The van der Waals surface area contributed by atoms with Gasteiger partial charge in [-0.3, -0.25) is 0 Å². The lowest BCUT2D eigenvalue weighted by molar-refractivity contribution is 0.395. The van der Waals surface area contributed by atoms with Crippen molar-refractivity contribution in [3.63, 3.8) is 0 Å². The summed E-state index contributed by atoms with van der Waals surface area (Å²) >= 11 is 0. The molecule has 1 aromatic carbocycles. The van der Waals surface area contributed by atoms with Gasteiger partial charge in [0.05, 0.1) is 24.8 Å². The van der Waals surface area contributed by atoms with Crippen LogP contribution in [0.15, 0.2) is 55.0 Å². The molecule has 1 aliphatic rings. The van der Waals surface area contributed by atoms with Gasteiger partial charge in [-0.15, -0.1) is 0 Å². The van der Waals surface area contributed by atoms with Gasteiger partial charge in [0, 0.05) is 18.7 Å². The van der Waals surface area contributed by atoms with Gasteiger partial charge in [-0.1, -0.05) is 30.3 Å². The standard InChI is InChI=1S/C23H22N6O/c1-16-14-28(15-24-16)20-10-8-18(25-23(20)30-2)9-11-21-26-22-19(12-13-29(22)27-21)17-6-4-3-5-7-17/h3-11,14-15,19H,12-13H2,1-2H3/b11-9+/t19-/m0/s1. The lowest BCUT2D eigenvalue weighted by Crippen LogP contribution is -1.99. The molecule has 0 N–H and O–H groups in total. The van der Waals surface area contributed by atoms with Gasteiger partial charge in [0.1, 0.15) is 11.5 Å². The number of imidazole rings is 1. The third-order valence-corrected chi connectivity index (χ3v) is 5.31. The number of hydrogen-bond donors (Lipinski definition) is 0. The average Bonchev–Trinajstić information content (AvgIpc) is 3.48. The number of methoxy groups -OCH3 is 1. The van der Waals surface area contributed by atoms with Crippen molar-refractivity contribution < 1.29 is 4.74 Å². The number of benzene rings is 1. The Morgan fingerprint density at radius 3 is 2.70 bits per heavy atom. The maximum absolute atomic E-state index is 5.49. The van der Waals surface area contributed by atoms with Crippen molar-refractivity contribution in [3.8, 4) is 11.6 Å². The van der Waals surface area contributed by atoms with E-state index in [0.29, 0.717) is 17.6 Å². The first kappa shape index (κ1) is 18.3. The summed E-state index contributed by atoms with van der Waals surface area (Å²) in [6, 6.07) is 14.4. The second-order valence-corrected chi connectivity index (χ2v) is 7.32. The summed E-state index contributed by atoms with van der Waals surface area (Å²) in [6.07, 6.45) is 8.54. The van der Waals surface area contributed by atoms with Crippen LogP contribution in [-0.4, -0.2) is 36.4 Å². The van der Waals surface area contributed by atoms with Gasteiger partial charge in [-0.2, -0.15) is 5.10 Å². The molecule has 0 saturated heterocycles. The summed E-state index contributed by atoms with van der Waals surface area (Å²) < 4.78 is 9.40. The first-order chi connectivity index (χ1) is 14.7. The van der Waals surface area contributed by atoms with Crippen LogP contribution in [0, 0.1) is 6.92 Å². The van der Waals surface area contributed by atoms with Crippen LogP contribution in [0.1, 0.15) is 40.9 Å². The molecule has 4 aromatic rings. The maximum atomic E-state index is 5.49. The highest BCUT2D eigenvalue weighted by atomic mass is 16.5. The zero-order valence-electron chi connectivity index (χ0n) is 16.9. The van der Waals surface area contributed by atoms with Gasteiger partial charge >= 0.3 is 0 Å². The Labute approximate surface area is 174 Å². The van der Waals surface area contributed by atoms with Gasteiger partial charge in [-0.25, -0.2) is 19.6 Å². The molecule has 0 aliphatic carbocycles. The summed E-state index contributed by atoms with van der Waals surface area (Å²) in [5, 5.41) is 4.64. The normalized spacial score (nSPS) is 15.6. The zero-order valence-corrected chi connectivity index (χ0v) is 16.9. The smallest absolute Gasteiger partial charge is 0.238 e. The molecule has 0 fully saturated rings. The summed E-state index contributed by atoms with van der Waals surface area (Å²) in [5.41, 5.74) is 3.85. The van der Waals surface area contributed by atoms with E-state index in [0.717, 1.165) is 35.9 Å². The van der Waals surface area contributed by atoms with E-state index >= 15 is 0 Å². The van der Waals surface area contributed by atoms with Crippen LogP contribution in [0.2, 0.25) is 0 Å². The number of hydrogen-bond acceptors (Lipinski definition) is 5. The number of pyridine rings is 1. The lowest BCUT2D eigenvalue weighted by Gasteiger charge is -2.08. The number of aromatic nitrogens is 6. The number of rotatable bonds is 5. The Kier molecular flexibility index (Phi) is 4.63. The van der Waals surface area contributed by atoms with E-state index in [-0.39, 0.29) is 0 Å². The second-order valence-electron chi connectivity index (χ2n) is 7.32. The van der Waals surface area contributed by atoms with Crippen molar-refractivity contribution in [2.45, 2.75) is 25.8 Å². The van der Waals surface area contributed by atoms with Crippen LogP contribution in [0.5, 0.6) is 5.88 Å². The van der Waals surface area contributed by atoms with Gasteiger partial charge in [0.25, 0.3) is 0 Å². The molecule has 0 amide bonds. The third-order valence-electron chi connectivity index (χ3n) is 5.31. The fourth-order valence-corrected chi connectivity index (χ4v) is 3.85. The SMILES string of the molecule is COc1nc(/C=C/c2nc3n(n2)CC[C@H]3c2ccccc2)ccc1-n1cnc(C)c1. The molecule has 1 atom stereocenters. The first-order valence-electron chi connectivity index (χ1n) is 9.95. The summed E-state index contributed by atoms with van der Waals surface area (Å²) in [5.74, 6) is 2.56. The Balaban J connectivity index is 1.39. The molecule has 1 aliphatic heterocycles.